The van der Waals surface area contributed by atoms with E-state index in [1.165, 1.54) is 6.08 Å². The van der Waals surface area contributed by atoms with Crippen molar-refractivity contribution in [3.63, 3.8) is 0 Å². The number of fused-ring (bicyclic) bond motifs is 1. The van der Waals surface area contributed by atoms with E-state index in [4.69, 9.17) is 9.84 Å². The third-order valence-electron chi connectivity index (χ3n) is 3.81. The Morgan fingerprint density at radius 1 is 1.41 bits per heavy atom. The molecular weight excluding hydrogens is 222 g/mol. The van der Waals surface area contributed by atoms with E-state index in [0.29, 0.717) is 18.3 Å². The Kier molecular flexibility index (Phi) is 3.36. The number of nitrogens with one attached hydrogen (secondary N) is 1. The second-order valence-electron chi connectivity index (χ2n) is 4.80. The van der Waals surface area contributed by atoms with Crippen molar-refractivity contribution in [2.45, 2.75) is 25.3 Å². The molecule has 17 heavy (non-hydrogen) atoms. The molecule has 0 heterocycles. The second-order valence-corrected chi connectivity index (χ2v) is 4.80. The number of hydrogen-bond donors (Lipinski definition) is 2. The molecule has 0 spiro atoms. The maximum atomic E-state index is 11.3. The predicted molar refractivity (Wildman–Crippen MR) is 60.4 cm³/mol. The summed E-state index contributed by atoms with van der Waals surface area (Å²) in [4.78, 5) is 22.2. The van der Waals surface area contributed by atoms with Gasteiger partial charge in [0.2, 0.25) is 0 Å². The molecule has 0 saturated heterocycles. The van der Waals surface area contributed by atoms with Gasteiger partial charge >= 0.3 is 12.1 Å². The lowest BCUT2D eigenvalue weighted by atomic mass is 9.71. The third kappa shape index (κ3) is 2.43. The summed E-state index contributed by atoms with van der Waals surface area (Å²) in [5, 5.41) is 11.7. The Hall–Kier alpha value is -1.52. The topological polar surface area (TPSA) is 75.6 Å². The van der Waals surface area contributed by atoms with E-state index in [9.17, 15) is 9.59 Å². The molecule has 5 nitrogen and oxygen atoms in total. The van der Waals surface area contributed by atoms with Crippen LogP contribution in [-0.2, 0) is 9.53 Å². The fraction of sp³-hybridized carbons (Fsp3) is 0.667. The van der Waals surface area contributed by atoms with E-state index < -0.39 is 12.1 Å². The van der Waals surface area contributed by atoms with E-state index in [0.717, 1.165) is 12.8 Å². The van der Waals surface area contributed by atoms with Crippen molar-refractivity contribution < 1.29 is 19.4 Å². The highest BCUT2D eigenvalue weighted by molar-refractivity contribution is 5.71. The van der Waals surface area contributed by atoms with Gasteiger partial charge in [0.05, 0.1) is 5.92 Å². The highest BCUT2D eigenvalue weighted by Gasteiger charge is 2.50. The van der Waals surface area contributed by atoms with Crippen LogP contribution in [0.2, 0.25) is 0 Å². The first-order valence-corrected chi connectivity index (χ1v) is 5.88. The number of carboxylic acid groups (broad SMARTS) is 1. The average molecular weight is 239 g/mol. The first kappa shape index (κ1) is 12.0. The number of amides is 1. The van der Waals surface area contributed by atoms with Gasteiger partial charge < -0.3 is 15.2 Å². The molecule has 2 N–H and O–H groups in total. The Balaban J connectivity index is 1.77. The smallest absolute Gasteiger partial charge is 0.407 e. The molecule has 0 aromatic rings. The number of carbonyl (C=O) groups is 2. The number of ether oxygens (including phenoxy) is 1. The summed E-state index contributed by atoms with van der Waals surface area (Å²) in [5.41, 5.74) is 0. The third-order valence-corrected chi connectivity index (χ3v) is 3.81. The molecule has 2 saturated carbocycles. The van der Waals surface area contributed by atoms with E-state index in [1.54, 1.807) is 0 Å². The zero-order valence-corrected chi connectivity index (χ0v) is 9.59. The quantitative estimate of drug-likeness (QED) is 0.727. The Morgan fingerprint density at radius 3 is 2.82 bits per heavy atom. The summed E-state index contributed by atoms with van der Waals surface area (Å²) in [6.45, 7) is 3.66. The minimum Gasteiger partial charge on any atom is -0.481 e. The molecule has 0 aromatic heterocycles. The monoisotopic (exact) mass is 239 g/mol. The maximum absolute atomic E-state index is 11.3. The molecular formula is C12H17NO4. The zero-order valence-electron chi connectivity index (χ0n) is 9.59. The molecule has 94 valence electrons. The molecule has 5 heteroatoms. The van der Waals surface area contributed by atoms with Gasteiger partial charge in [-0.2, -0.15) is 0 Å². The van der Waals surface area contributed by atoms with Crippen LogP contribution in [-0.4, -0.2) is 29.8 Å². The number of hydrogen-bond acceptors (Lipinski definition) is 3. The summed E-state index contributed by atoms with van der Waals surface area (Å²) in [6, 6.07) is 0.0849. The van der Waals surface area contributed by atoms with Crippen molar-refractivity contribution in [1.82, 2.24) is 5.32 Å². The molecule has 4 atom stereocenters. The molecule has 2 rings (SSSR count). The lowest BCUT2D eigenvalue weighted by molar-refractivity contribution is -0.141. The highest BCUT2D eigenvalue weighted by atomic mass is 16.5. The van der Waals surface area contributed by atoms with Crippen molar-refractivity contribution in [2.75, 3.05) is 6.61 Å². The molecule has 2 aliphatic carbocycles. The number of alkyl carbamates (subject to hydrolysis) is 1. The molecule has 4 unspecified atom stereocenters. The SMILES string of the molecule is C=CCOC(=O)NC1CC2CC(C(=O)O)CC21. The van der Waals surface area contributed by atoms with Crippen LogP contribution in [0, 0.1) is 17.8 Å². The summed E-state index contributed by atoms with van der Waals surface area (Å²) >= 11 is 0. The number of rotatable bonds is 4. The van der Waals surface area contributed by atoms with Crippen LogP contribution >= 0.6 is 0 Å². The first-order valence-electron chi connectivity index (χ1n) is 5.88. The van der Waals surface area contributed by atoms with Gasteiger partial charge in [-0.05, 0) is 31.1 Å². The van der Waals surface area contributed by atoms with Crippen LogP contribution in [0.3, 0.4) is 0 Å². The first-order chi connectivity index (χ1) is 8.11. The maximum Gasteiger partial charge on any atom is 0.407 e. The second kappa shape index (κ2) is 4.77. The van der Waals surface area contributed by atoms with Gasteiger partial charge in [-0.1, -0.05) is 12.7 Å². The van der Waals surface area contributed by atoms with Crippen LogP contribution in [0.1, 0.15) is 19.3 Å². The minimum atomic E-state index is -0.715. The van der Waals surface area contributed by atoms with Crippen LogP contribution in [0.25, 0.3) is 0 Å². The van der Waals surface area contributed by atoms with Crippen LogP contribution < -0.4 is 5.32 Å². The van der Waals surface area contributed by atoms with Crippen molar-refractivity contribution in [3.05, 3.63) is 12.7 Å². The Labute approximate surface area is 99.8 Å². The van der Waals surface area contributed by atoms with Crippen LogP contribution in [0.15, 0.2) is 12.7 Å². The number of aliphatic carboxylic acids is 1. The largest absolute Gasteiger partial charge is 0.481 e. The zero-order chi connectivity index (χ0) is 12.4. The molecule has 2 fully saturated rings. The standard InChI is InChI=1S/C12H17NO4/c1-2-3-17-12(16)13-10-6-7-4-8(11(14)15)5-9(7)10/h2,7-10H,1,3-6H2,(H,13,16)(H,14,15). The van der Waals surface area contributed by atoms with Crippen molar-refractivity contribution >= 4 is 12.1 Å². The molecule has 2 aliphatic rings. The molecule has 0 radical (unpaired) electrons. The molecule has 0 aromatic carbocycles. The fourth-order valence-electron chi connectivity index (χ4n) is 2.92. The van der Waals surface area contributed by atoms with E-state index in [-0.39, 0.29) is 18.6 Å². The van der Waals surface area contributed by atoms with E-state index >= 15 is 0 Å². The van der Waals surface area contributed by atoms with Crippen molar-refractivity contribution in [3.8, 4) is 0 Å². The average Bonchev–Trinajstić information content (AvgIpc) is 2.61. The summed E-state index contributed by atoms with van der Waals surface area (Å²) < 4.78 is 4.84. The highest BCUT2D eigenvalue weighted by Crippen LogP contribution is 2.49. The van der Waals surface area contributed by atoms with Gasteiger partial charge in [-0.25, -0.2) is 4.79 Å². The van der Waals surface area contributed by atoms with E-state index in [1.807, 2.05) is 0 Å². The van der Waals surface area contributed by atoms with Crippen LogP contribution in [0.5, 0.6) is 0 Å². The summed E-state index contributed by atoms with van der Waals surface area (Å²) in [5.74, 6) is -0.179. The molecule has 1 amide bonds. The van der Waals surface area contributed by atoms with Gasteiger partial charge in [-0.3, -0.25) is 4.79 Å². The normalized spacial score (nSPS) is 34.4. The minimum absolute atomic E-state index is 0.0849. The van der Waals surface area contributed by atoms with Gasteiger partial charge in [0.1, 0.15) is 6.61 Å². The van der Waals surface area contributed by atoms with Gasteiger partial charge in [-0.15, -0.1) is 0 Å². The van der Waals surface area contributed by atoms with Crippen molar-refractivity contribution in [1.29, 1.82) is 0 Å². The van der Waals surface area contributed by atoms with Gasteiger partial charge in [0, 0.05) is 6.04 Å². The lowest BCUT2D eigenvalue weighted by Gasteiger charge is -2.40. The van der Waals surface area contributed by atoms with Crippen LogP contribution in [0.4, 0.5) is 4.79 Å². The predicted octanol–water partition coefficient (Wildman–Crippen LogP) is 1.40. The summed E-state index contributed by atoms with van der Waals surface area (Å²) in [6.07, 6.45) is 3.37. The lowest BCUT2D eigenvalue weighted by Crippen LogP contribution is -2.50. The van der Waals surface area contributed by atoms with E-state index in [2.05, 4.69) is 11.9 Å². The molecule has 0 bridgehead atoms. The summed E-state index contributed by atoms with van der Waals surface area (Å²) in [7, 11) is 0. The fourth-order valence-corrected chi connectivity index (χ4v) is 2.92. The van der Waals surface area contributed by atoms with Crippen molar-refractivity contribution in [2.24, 2.45) is 17.8 Å². The Bertz CT molecular complexity index is 341. The molecule has 0 aliphatic heterocycles. The number of carboxylic acids is 1. The van der Waals surface area contributed by atoms with Gasteiger partial charge in [0.25, 0.3) is 0 Å². The Morgan fingerprint density at radius 2 is 2.18 bits per heavy atom. The van der Waals surface area contributed by atoms with Gasteiger partial charge in [0.15, 0.2) is 0 Å². The number of carbonyl (C=O) groups excluding carboxylic acids is 1.